The van der Waals surface area contributed by atoms with Crippen LogP contribution in [0.1, 0.15) is 22.3 Å². The third-order valence-corrected chi connectivity index (χ3v) is 5.26. The van der Waals surface area contributed by atoms with Gasteiger partial charge in [0.2, 0.25) is 0 Å². The van der Waals surface area contributed by atoms with Crippen LogP contribution in [0, 0.1) is 3.57 Å². The van der Waals surface area contributed by atoms with Gasteiger partial charge in [0.1, 0.15) is 0 Å². The Labute approximate surface area is 170 Å². The molecule has 2 aromatic carbocycles. The van der Waals surface area contributed by atoms with E-state index in [1.54, 1.807) is 32.4 Å². The molecule has 0 fully saturated rings. The van der Waals surface area contributed by atoms with E-state index in [0.29, 0.717) is 33.7 Å². The Kier molecular flexibility index (Phi) is 7.65. The lowest BCUT2D eigenvalue weighted by Gasteiger charge is -2.12. The van der Waals surface area contributed by atoms with Crippen molar-refractivity contribution in [1.82, 2.24) is 5.32 Å². The summed E-state index contributed by atoms with van der Waals surface area (Å²) in [6, 6.07) is 9.04. The molecule has 2 aromatic rings. The predicted octanol–water partition coefficient (Wildman–Crippen LogP) is 4.98. The molecule has 0 radical (unpaired) electrons. The van der Waals surface area contributed by atoms with Crippen LogP contribution >= 0.6 is 45.8 Å². The summed E-state index contributed by atoms with van der Waals surface area (Å²) in [6.45, 7) is 0.559. The first kappa shape index (κ1) is 20.1. The highest BCUT2D eigenvalue weighted by Gasteiger charge is 2.15. The van der Waals surface area contributed by atoms with Crippen LogP contribution in [0.4, 0.5) is 0 Å². The smallest absolute Gasteiger partial charge is 0.252 e. The molecule has 4 nitrogen and oxygen atoms in total. The number of amides is 1. The number of hydrogen-bond acceptors (Lipinski definition) is 3. The molecule has 134 valence electrons. The summed E-state index contributed by atoms with van der Waals surface area (Å²) in [6.07, 6.45) is 1.60. The van der Waals surface area contributed by atoms with Crippen molar-refractivity contribution in [2.45, 2.75) is 12.8 Å². The van der Waals surface area contributed by atoms with Gasteiger partial charge in [0.25, 0.3) is 5.91 Å². The molecular formula is C18H18Cl2INO3. The Hall–Kier alpha value is -1.18. The van der Waals surface area contributed by atoms with Crippen molar-refractivity contribution in [3.05, 3.63) is 55.1 Å². The minimum atomic E-state index is -0.139. The number of halogens is 3. The average molecular weight is 494 g/mol. The molecular weight excluding hydrogens is 476 g/mol. The molecule has 25 heavy (non-hydrogen) atoms. The normalized spacial score (nSPS) is 10.4. The zero-order valence-electron chi connectivity index (χ0n) is 13.9. The zero-order valence-corrected chi connectivity index (χ0v) is 17.5. The van der Waals surface area contributed by atoms with Gasteiger partial charge in [-0.2, -0.15) is 0 Å². The number of methoxy groups -OCH3 is 2. The molecule has 0 aliphatic rings. The fourth-order valence-corrected chi connectivity index (χ4v) is 3.32. The van der Waals surface area contributed by atoms with Crippen molar-refractivity contribution >= 4 is 51.7 Å². The number of ether oxygens (including phenoxy) is 2. The highest BCUT2D eigenvalue weighted by Crippen LogP contribution is 2.31. The van der Waals surface area contributed by atoms with Crippen molar-refractivity contribution in [3.8, 4) is 11.5 Å². The Balaban J connectivity index is 1.93. The van der Waals surface area contributed by atoms with Crippen molar-refractivity contribution in [2.75, 3.05) is 20.8 Å². The Morgan fingerprint density at radius 3 is 2.40 bits per heavy atom. The van der Waals surface area contributed by atoms with Crippen LogP contribution in [-0.2, 0) is 6.42 Å². The fraction of sp³-hybridized carbons (Fsp3) is 0.278. The largest absolute Gasteiger partial charge is 0.493 e. The number of carbonyl (C=O) groups excluding carboxylic acids is 1. The van der Waals surface area contributed by atoms with E-state index < -0.39 is 0 Å². The second-order valence-electron chi connectivity index (χ2n) is 5.29. The van der Waals surface area contributed by atoms with Gasteiger partial charge in [0, 0.05) is 10.1 Å². The molecule has 0 atom stereocenters. The summed E-state index contributed by atoms with van der Waals surface area (Å²) in [5.74, 6) is 0.992. The van der Waals surface area contributed by atoms with Gasteiger partial charge in [0.15, 0.2) is 11.5 Å². The van der Waals surface area contributed by atoms with Crippen LogP contribution in [-0.4, -0.2) is 26.7 Å². The first-order valence-electron chi connectivity index (χ1n) is 7.60. The van der Waals surface area contributed by atoms with Crippen molar-refractivity contribution in [1.29, 1.82) is 0 Å². The van der Waals surface area contributed by atoms with Gasteiger partial charge >= 0.3 is 0 Å². The van der Waals surface area contributed by atoms with Gasteiger partial charge < -0.3 is 14.8 Å². The van der Waals surface area contributed by atoms with Gasteiger partial charge in [0.05, 0.1) is 29.8 Å². The van der Waals surface area contributed by atoms with Gasteiger partial charge in [-0.3, -0.25) is 4.79 Å². The maximum absolute atomic E-state index is 12.4. The molecule has 0 saturated heterocycles. The van der Waals surface area contributed by atoms with Gasteiger partial charge in [-0.1, -0.05) is 29.3 Å². The summed E-state index contributed by atoms with van der Waals surface area (Å²) in [4.78, 5) is 12.4. The van der Waals surface area contributed by atoms with Crippen molar-refractivity contribution in [2.24, 2.45) is 0 Å². The van der Waals surface area contributed by atoms with Crippen molar-refractivity contribution in [3.63, 3.8) is 0 Å². The molecule has 1 amide bonds. The SMILES string of the molecule is COc1cc(I)c(C(=O)NCCCc2ccc(Cl)c(Cl)c2)cc1OC. The quantitative estimate of drug-likeness (QED) is 0.437. The second-order valence-corrected chi connectivity index (χ2v) is 7.27. The highest BCUT2D eigenvalue weighted by atomic mass is 127. The second kappa shape index (κ2) is 9.50. The molecule has 0 bridgehead atoms. The van der Waals surface area contributed by atoms with E-state index in [2.05, 4.69) is 27.9 Å². The topological polar surface area (TPSA) is 47.6 Å². The summed E-state index contributed by atoms with van der Waals surface area (Å²) < 4.78 is 11.3. The number of aryl methyl sites for hydroxylation is 1. The molecule has 0 spiro atoms. The number of rotatable bonds is 7. The number of benzene rings is 2. The molecule has 0 aromatic heterocycles. The number of hydrogen-bond donors (Lipinski definition) is 1. The Morgan fingerprint density at radius 1 is 1.08 bits per heavy atom. The van der Waals surface area contributed by atoms with E-state index in [4.69, 9.17) is 32.7 Å². The van der Waals surface area contributed by atoms with E-state index in [1.165, 1.54) is 0 Å². The Morgan fingerprint density at radius 2 is 1.76 bits per heavy atom. The maximum Gasteiger partial charge on any atom is 0.252 e. The number of carbonyl (C=O) groups is 1. The monoisotopic (exact) mass is 493 g/mol. The lowest BCUT2D eigenvalue weighted by molar-refractivity contribution is 0.0952. The molecule has 0 unspecified atom stereocenters. The van der Waals surface area contributed by atoms with Gasteiger partial charge in [-0.15, -0.1) is 0 Å². The molecule has 2 rings (SSSR count). The Bertz CT molecular complexity index is 768. The van der Waals surface area contributed by atoms with E-state index in [-0.39, 0.29) is 5.91 Å². The maximum atomic E-state index is 12.4. The van der Waals surface area contributed by atoms with Crippen LogP contribution in [0.3, 0.4) is 0 Å². The summed E-state index contributed by atoms with van der Waals surface area (Å²) in [5.41, 5.74) is 1.65. The third-order valence-electron chi connectivity index (χ3n) is 3.63. The lowest BCUT2D eigenvalue weighted by atomic mass is 10.1. The molecule has 0 aliphatic heterocycles. The lowest BCUT2D eigenvalue weighted by Crippen LogP contribution is -2.25. The number of nitrogens with one attached hydrogen (secondary N) is 1. The molecule has 7 heteroatoms. The van der Waals surface area contributed by atoms with Crippen LogP contribution in [0.25, 0.3) is 0 Å². The summed E-state index contributed by atoms with van der Waals surface area (Å²) in [5, 5.41) is 4.01. The average Bonchev–Trinajstić information content (AvgIpc) is 2.61. The van der Waals surface area contributed by atoms with Crippen LogP contribution in [0.2, 0.25) is 10.0 Å². The standard InChI is InChI=1S/C18H18Cl2INO3/c1-24-16-9-12(15(21)10-17(16)25-2)18(23)22-7-3-4-11-5-6-13(19)14(20)8-11/h5-6,8-10H,3-4,7H2,1-2H3,(H,22,23). The first-order valence-corrected chi connectivity index (χ1v) is 9.43. The first-order chi connectivity index (χ1) is 12.0. The summed E-state index contributed by atoms with van der Waals surface area (Å²) >= 11 is 14.0. The van der Waals surface area contributed by atoms with Gasteiger partial charge in [-0.25, -0.2) is 0 Å². The van der Waals surface area contributed by atoms with E-state index in [1.807, 2.05) is 12.1 Å². The molecule has 0 aliphatic carbocycles. The van der Waals surface area contributed by atoms with Gasteiger partial charge in [-0.05, 0) is 65.3 Å². The molecule has 1 N–H and O–H groups in total. The van der Waals surface area contributed by atoms with Crippen molar-refractivity contribution < 1.29 is 14.3 Å². The fourth-order valence-electron chi connectivity index (χ4n) is 2.31. The molecule has 0 saturated carbocycles. The van der Waals surface area contributed by atoms with Crippen LogP contribution in [0.5, 0.6) is 11.5 Å². The predicted molar refractivity (Wildman–Crippen MR) is 109 cm³/mol. The van der Waals surface area contributed by atoms with E-state index >= 15 is 0 Å². The zero-order chi connectivity index (χ0) is 18.4. The van der Waals surface area contributed by atoms with Crippen LogP contribution in [0.15, 0.2) is 30.3 Å². The minimum Gasteiger partial charge on any atom is -0.493 e. The molecule has 0 heterocycles. The minimum absolute atomic E-state index is 0.139. The third kappa shape index (κ3) is 5.39. The summed E-state index contributed by atoms with van der Waals surface area (Å²) in [7, 11) is 3.11. The van der Waals surface area contributed by atoms with Crippen LogP contribution < -0.4 is 14.8 Å². The van der Waals surface area contributed by atoms with E-state index in [9.17, 15) is 4.79 Å². The van der Waals surface area contributed by atoms with E-state index in [0.717, 1.165) is 22.0 Å². The highest BCUT2D eigenvalue weighted by molar-refractivity contribution is 14.1.